The molecule has 1 aliphatic rings. The highest BCUT2D eigenvalue weighted by Crippen LogP contribution is 2.41. The Hall–Kier alpha value is -2.56. The van der Waals surface area contributed by atoms with Crippen LogP contribution in [0.2, 0.25) is 0 Å². The average Bonchev–Trinajstić information content (AvgIpc) is 2.88. The summed E-state index contributed by atoms with van der Waals surface area (Å²) in [6.45, 7) is 4.59. The Kier molecular flexibility index (Phi) is 8.82. The van der Waals surface area contributed by atoms with Crippen molar-refractivity contribution in [3.05, 3.63) is 85.3 Å². The molecular formula is C28H27Br2NO6. The van der Waals surface area contributed by atoms with Crippen molar-refractivity contribution in [3.63, 3.8) is 0 Å². The van der Waals surface area contributed by atoms with E-state index in [0.29, 0.717) is 36.6 Å². The molecule has 37 heavy (non-hydrogen) atoms. The van der Waals surface area contributed by atoms with E-state index in [9.17, 15) is 14.7 Å². The number of phenolic OH excluding ortho intramolecular Hbond substituents is 1. The number of rotatable bonds is 10. The van der Waals surface area contributed by atoms with Crippen molar-refractivity contribution in [3.8, 4) is 5.75 Å². The molecular weight excluding hydrogens is 606 g/mol. The summed E-state index contributed by atoms with van der Waals surface area (Å²) in [5.41, 5.74) is 2.86. The number of aliphatic hydroxyl groups is 1. The zero-order valence-electron chi connectivity index (χ0n) is 20.4. The largest absolute Gasteiger partial charge is 0.507 e. The van der Waals surface area contributed by atoms with Crippen molar-refractivity contribution in [1.82, 2.24) is 0 Å². The van der Waals surface area contributed by atoms with E-state index in [1.54, 1.807) is 37.3 Å². The van der Waals surface area contributed by atoms with E-state index >= 15 is 0 Å². The summed E-state index contributed by atoms with van der Waals surface area (Å²) in [5.74, 6) is -0.936. The van der Waals surface area contributed by atoms with Gasteiger partial charge in [0.05, 0.1) is 54.5 Å². The molecule has 0 heterocycles. The maximum Gasteiger partial charge on any atom is 0.198 e. The number of ether oxygens (including phenoxy) is 2. The molecule has 3 aromatic rings. The van der Waals surface area contributed by atoms with Gasteiger partial charge in [0.2, 0.25) is 0 Å². The van der Waals surface area contributed by atoms with Gasteiger partial charge in [-0.15, -0.1) is 0 Å². The number of benzene rings is 3. The number of halogens is 2. The minimum absolute atomic E-state index is 0.00111. The molecule has 9 heteroatoms. The second kappa shape index (κ2) is 11.9. The van der Waals surface area contributed by atoms with Crippen molar-refractivity contribution in [2.24, 2.45) is 0 Å². The highest BCUT2D eigenvalue weighted by atomic mass is 79.9. The van der Waals surface area contributed by atoms with E-state index in [0.717, 1.165) is 14.5 Å². The number of carbonyl (C=O) groups is 2. The molecule has 7 nitrogen and oxygen atoms in total. The molecule has 0 saturated carbocycles. The van der Waals surface area contributed by atoms with Crippen LogP contribution in [-0.4, -0.2) is 53.8 Å². The van der Waals surface area contributed by atoms with Crippen LogP contribution >= 0.6 is 31.9 Å². The maximum absolute atomic E-state index is 13.4. The maximum atomic E-state index is 13.4. The van der Waals surface area contributed by atoms with Crippen molar-refractivity contribution in [1.29, 1.82) is 0 Å². The summed E-state index contributed by atoms with van der Waals surface area (Å²) >= 11 is 7.22. The first-order valence-corrected chi connectivity index (χ1v) is 13.4. The van der Waals surface area contributed by atoms with Crippen LogP contribution in [0.1, 0.15) is 51.3 Å². The highest BCUT2D eigenvalue weighted by Gasteiger charge is 2.34. The van der Waals surface area contributed by atoms with Crippen LogP contribution in [0.5, 0.6) is 5.75 Å². The lowest BCUT2D eigenvalue weighted by molar-refractivity contribution is -0.0446. The molecule has 0 saturated heterocycles. The van der Waals surface area contributed by atoms with Gasteiger partial charge in [0.15, 0.2) is 11.6 Å². The van der Waals surface area contributed by atoms with Crippen LogP contribution in [-0.2, 0) is 15.9 Å². The van der Waals surface area contributed by atoms with Gasteiger partial charge in [-0.2, -0.15) is 0 Å². The van der Waals surface area contributed by atoms with Crippen LogP contribution in [0.4, 0.5) is 11.4 Å². The first-order valence-electron chi connectivity index (χ1n) is 11.8. The number of carbonyl (C=O) groups excluding carboxylic acids is 2. The normalized spacial score (nSPS) is 14.2. The van der Waals surface area contributed by atoms with E-state index in [2.05, 4.69) is 37.2 Å². The number of hydrogen-bond donors (Lipinski definition) is 3. The molecule has 0 aromatic heterocycles. The summed E-state index contributed by atoms with van der Waals surface area (Å²) in [4.78, 5) is 26.5. The summed E-state index contributed by atoms with van der Waals surface area (Å²) in [7, 11) is 0. The molecule has 3 aromatic carbocycles. The molecule has 0 radical (unpaired) electrons. The first kappa shape index (κ1) is 27.5. The number of aliphatic hydroxyl groups excluding tert-OH is 1. The van der Waals surface area contributed by atoms with Crippen LogP contribution in [0.15, 0.2) is 57.5 Å². The quantitative estimate of drug-likeness (QED) is 0.190. The lowest BCUT2D eigenvalue weighted by Gasteiger charge is -2.22. The summed E-state index contributed by atoms with van der Waals surface area (Å²) in [5, 5.41) is 22.8. The van der Waals surface area contributed by atoms with Crippen molar-refractivity contribution < 1.29 is 29.3 Å². The summed E-state index contributed by atoms with van der Waals surface area (Å²) in [6, 6.07) is 13.5. The number of anilines is 2. The van der Waals surface area contributed by atoms with Gasteiger partial charge in [-0.3, -0.25) is 9.59 Å². The Morgan fingerprint density at radius 2 is 1.51 bits per heavy atom. The Labute approximate surface area is 232 Å². The van der Waals surface area contributed by atoms with Gasteiger partial charge in [-0.1, -0.05) is 24.3 Å². The monoisotopic (exact) mass is 631 g/mol. The topological polar surface area (TPSA) is 105 Å². The van der Waals surface area contributed by atoms with Gasteiger partial charge < -0.3 is 25.0 Å². The molecule has 2 unspecified atom stereocenters. The third-order valence-corrected chi connectivity index (χ3v) is 7.33. The standard InChI is InChI=1S/C28H27Br2NO6/c1-15(13-32)37-14-16(2)36-10-9-17-11-20(29)26(21(30)12-17)31-22-7-8-23(33)25-24(22)27(34)18-5-3-4-6-19(18)28(25)35/h3-8,11-12,15-16,31-33H,9-10,13-14H2,1-2H3. The van der Waals surface area contributed by atoms with E-state index in [4.69, 9.17) is 14.6 Å². The molecule has 0 spiro atoms. The van der Waals surface area contributed by atoms with Gasteiger partial charge in [0, 0.05) is 20.1 Å². The smallest absolute Gasteiger partial charge is 0.198 e. The molecule has 0 aliphatic heterocycles. The van der Waals surface area contributed by atoms with Gasteiger partial charge in [-0.25, -0.2) is 0 Å². The summed E-state index contributed by atoms with van der Waals surface area (Å²) < 4.78 is 12.8. The predicted molar refractivity (Wildman–Crippen MR) is 148 cm³/mol. The minimum Gasteiger partial charge on any atom is -0.507 e. The zero-order valence-corrected chi connectivity index (χ0v) is 23.6. The van der Waals surface area contributed by atoms with Crippen LogP contribution in [0.3, 0.4) is 0 Å². The first-order chi connectivity index (χ1) is 17.7. The Morgan fingerprint density at radius 3 is 2.14 bits per heavy atom. The SMILES string of the molecule is CC(CO)OCC(C)OCCc1cc(Br)c(Nc2ccc(O)c3c2C(=O)c2ccccc2C3=O)c(Br)c1. The number of hydrogen-bond acceptors (Lipinski definition) is 7. The number of nitrogens with one attached hydrogen (secondary N) is 1. The molecule has 0 bridgehead atoms. The van der Waals surface area contributed by atoms with Gasteiger partial charge in [0.25, 0.3) is 0 Å². The predicted octanol–water partition coefficient (Wildman–Crippen LogP) is 5.78. The second-order valence-electron chi connectivity index (χ2n) is 8.90. The molecule has 1 aliphatic carbocycles. The van der Waals surface area contributed by atoms with E-state index in [1.165, 1.54) is 6.07 Å². The van der Waals surface area contributed by atoms with E-state index in [1.807, 2.05) is 19.1 Å². The van der Waals surface area contributed by atoms with Crippen molar-refractivity contribution >= 4 is 54.8 Å². The molecule has 2 atom stereocenters. The van der Waals surface area contributed by atoms with Gasteiger partial charge >= 0.3 is 0 Å². The fourth-order valence-electron chi connectivity index (χ4n) is 4.11. The lowest BCUT2D eigenvalue weighted by atomic mass is 9.82. The van der Waals surface area contributed by atoms with E-state index < -0.39 is 0 Å². The van der Waals surface area contributed by atoms with E-state index in [-0.39, 0.29) is 52.8 Å². The molecule has 3 N–H and O–H groups in total. The summed E-state index contributed by atoms with van der Waals surface area (Å²) in [6.07, 6.45) is 0.337. The zero-order chi connectivity index (χ0) is 26.7. The second-order valence-corrected chi connectivity index (χ2v) is 10.6. The minimum atomic E-state index is -0.384. The highest BCUT2D eigenvalue weighted by molar-refractivity contribution is 9.11. The average molecular weight is 633 g/mol. The third kappa shape index (κ3) is 5.97. The van der Waals surface area contributed by atoms with Crippen LogP contribution in [0, 0.1) is 0 Å². The van der Waals surface area contributed by atoms with Crippen LogP contribution in [0.25, 0.3) is 0 Å². The number of phenols is 1. The Balaban J connectivity index is 1.52. The Bertz CT molecular complexity index is 1320. The molecule has 0 fully saturated rings. The fourth-order valence-corrected chi connectivity index (χ4v) is 5.59. The number of fused-ring (bicyclic) bond motifs is 2. The Morgan fingerprint density at radius 1 is 0.892 bits per heavy atom. The van der Waals surface area contributed by atoms with Crippen molar-refractivity contribution in [2.45, 2.75) is 32.5 Å². The lowest BCUT2D eigenvalue weighted by Crippen LogP contribution is -2.23. The van der Waals surface area contributed by atoms with Gasteiger partial charge in [-0.05, 0) is 82.0 Å². The van der Waals surface area contributed by atoms with Crippen LogP contribution < -0.4 is 5.32 Å². The number of aromatic hydroxyl groups is 1. The molecule has 0 amide bonds. The molecule has 4 rings (SSSR count). The number of ketones is 2. The van der Waals surface area contributed by atoms with Gasteiger partial charge in [0.1, 0.15) is 5.75 Å². The third-order valence-electron chi connectivity index (χ3n) is 6.08. The molecule has 194 valence electrons. The fraction of sp³-hybridized carbons (Fsp3) is 0.286. The van der Waals surface area contributed by atoms with Crippen molar-refractivity contribution in [2.75, 3.05) is 25.1 Å².